The molecule has 0 fully saturated rings. The molecule has 0 atom stereocenters. The van der Waals surface area contributed by atoms with Crippen molar-refractivity contribution in [1.29, 1.82) is 0 Å². The van der Waals surface area contributed by atoms with E-state index >= 15 is 0 Å². The Labute approximate surface area is 112 Å². The van der Waals surface area contributed by atoms with Crippen LogP contribution in [-0.2, 0) is 0 Å². The van der Waals surface area contributed by atoms with Gasteiger partial charge in [0.1, 0.15) is 0 Å². The zero-order valence-corrected chi connectivity index (χ0v) is 11.3. The summed E-state index contributed by atoms with van der Waals surface area (Å²) >= 11 is 0. The molecule has 0 N–H and O–H groups in total. The van der Waals surface area contributed by atoms with Gasteiger partial charge in [0.15, 0.2) is 23.9 Å². The van der Waals surface area contributed by atoms with Crippen molar-refractivity contribution in [3.05, 3.63) is 48.3 Å². The summed E-state index contributed by atoms with van der Waals surface area (Å²) in [4.78, 5) is 0. The highest BCUT2D eigenvalue weighted by Gasteiger charge is 2.14. The van der Waals surface area contributed by atoms with Gasteiger partial charge < -0.3 is 9.47 Å². The highest BCUT2D eigenvalue weighted by atomic mass is 16.5. The first kappa shape index (κ1) is 11.8. The number of ether oxygens (including phenoxy) is 2. The largest absolute Gasteiger partial charge is 0.493 e. The second-order valence-electron chi connectivity index (χ2n) is 4.55. The lowest BCUT2D eigenvalue weighted by Gasteiger charge is -2.12. The van der Waals surface area contributed by atoms with Gasteiger partial charge in [0, 0.05) is 23.8 Å². The van der Waals surface area contributed by atoms with Crippen LogP contribution < -0.4 is 13.9 Å². The van der Waals surface area contributed by atoms with E-state index in [-0.39, 0.29) is 0 Å². The van der Waals surface area contributed by atoms with E-state index in [2.05, 4.69) is 29.7 Å². The molecule has 0 saturated heterocycles. The zero-order chi connectivity index (χ0) is 13.4. The highest BCUT2D eigenvalue weighted by molar-refractivity contribution is 5.90. The van der Waals surface area contributed by atoms with Crippen molar-refractivity contribution in [1.82, 2.24) is 0 Å². The van der Waals surface area contributed by atoms with E-state index < -0.39 is 0 Å². The van der Waals surface area contributed by atoms with Gasteiger partial charge in [-0.1, -0.05) is 0 Å². The molecular formula is C16H16NO2+. The molecule has 0 spiro atoms. The molecule has 3 rings (SSSR count). The van der Waals surface area contributed by atoms with Crippen molar-refractivity contribution < 1.29 is 13.9 Å². The van der Waals surface area contributed by atoms with E-state index in [1.165, 1.54) is 5.39 Å². The van der Waals surface area contributed by atoms with Gasteiger partial charge in [-0.05, 0) is 24.4 Å². The number of aromatic nitrogens is 1. The number of benzene rings is 1. The molecule has 0 aliphatic heterocycles. The van der Waals surface area contributed by atoms with Crippen LogP contribution in [0.3, 0.4) is 0 Å². The molecule has 3 heteroatoms. The molecule has 0 amide bonds. The Balaban J connectivity index is 2.44. The SMILES string of the molecule is COc1cc2cc3cccc[n+]3cc2c(C)c1OC. The normalized spacial score (nSPS) is 10.9. The first-order valence-corrected chi connectivity index (χ1v) is 6.20. The van der Waals surface area contributed by atoms with Gasteiger partial charge in [-0.2, -0.15) is 4.40 Å². The fourth-order valence-electron chi connectivity index (χ4n) is 2.51. The predicted molar refractivity (Wildman–Crippen MR) is 74.9 cm³/mol. The van der Waals surface area contributed by atoms with Gasteiger partial charge in [-0.15, -0.1) is 0 Å². The minimum absolute atomic E-state index is 0.771. The Morgan fingerprint density at radius 3 is 2.63 bits per heavy atom. The number of fused-ring (bicyclic) bond motifs is 2. The van der Waals surface area contributed by atoms with E-state index in [1.807, 2.05) is 24.4 Å². The zero-order valence-electron chi connectivity index (χ0n) is 11.3. The molecule has 0 unspecified atom stereocenters. The number of nitrogens with zero attached hydrogens (tertiary/aromatic N) is 1. The lowest BCUT2D eigenvalue weighted by Crippen LogP contribution is -2.20. The van der Waals surface area contributed by atoms with Gasteiger partial charge in [0.05, 0.1) is 19.6 Å². The number of rotatable bonds is 2. The van der Waals surface area contributed by atoms with Gasteiger partial charge >= 0.3 is 0 Å². The Morgan fingerprint density at radius 2 is 1.89 bits per heavy atom. The third kappa shape index (κ3) is 1.78. The summed E-state index contributed by atoms with van der Waals surface area (Å²) in [5, 5.41) is 2.32. The number of pyridine rings is 2. The second kappa shape index (κ2) is 4.43. The van der Waals surface area contributed by atoms with Crippen molar-refractivity contribution in [3.8, 4) is 11.5 Å². The minimum Gasteiger partial charge on any atom is -0.493 e. The van der Waals surface area contributed by atoms with Crippen LogP contribution in [0.2, 0.25) is 0 Å². The third-order valence-electron chi connectivity index (χ3n) is 3.48. The monoisotopic (exact) mass is 254 g/mol. The average molecular weight is 254 g/mol. The highest BCUT2D eigenvalue weighted by Crippen LogP contribution is 2.36. The van der Waals surface area contributed by atoms with Crippen LogP contribution in [0, 0.1) is 6.92 Å². The molecule has 3 nitrogen and oxygen atoms in total. The van der Waals surface area contributed by atoms with Crippen molar-refractivity contribution >= 4 is 16.3 Å². The second-order valence-corrected chi connectivity index (χ2v) is 4.55. The molecule has 19 heavy (non-hydrogen) atoms. The molecule has 0 aliphatic carbocycles. The summed E-state index contributed by atoms with van der Waals surface area (Å²) in [6, 6.07) is 10.3. The minimum atomic E-state index is 0.771. The van der Waals surface area contributed by atoms with Crippen LogP contribution in [0.5, 0.6) is 11.5 Å². The van der Waals surface area contributed by atoms with Crippen molar-refractivity contribution in [3.63, 3.8) is 0 Å². The first-order chi connectivity index (χ1) is 9.24. The average Bonchev–Trinajstić information content (AvgIpc) is 2.45. The summed E-state index contributed by atoms with van der Waals surface area (Å²) in [5.41, 5.74) is 2.25. The molecule has 0 saturated carbocycles. The van der Waals surface area contributed by atoms with Gasteiger partial charge in [0.25, 0.3) is 0 Å². The van der Waals surface area contributed by atoms with Crippen LogP contribution in [0.15, 0.2) is 42.7 Å². The topological polar surface area (TPSA) is 22.6 Å². The Kier molecular flexibility index (Phi) is 2.75. The predicted octanol–water partition coefficient (Wildman–Crippen LogP) is 2.90. The maximum absolute atomic E-state index is 5.45. The number of hydrogen-bond donors (Lipinski definition) is 0. The summed E-state index contributed by atoms with van der Waals surface area (Å²) in [5.74, 6) is 1.57. The van der Waals surface area contributed by atoms with E-state index in [0.29, 0.717) is 0 Å². The first-order valence-electron chi connectivity index (χ1n) is 6.20. The van der Waals surface area contributed by atoms with Gasteiger partial charge in [-0.25, -0.2) is 0 Å². The quantitative estimate of drug-likeness (QED) is 0.518. The lowest BCUT2D eigenvalue weighted by atomic mass is 10.0. The fourth-order valence-corrected chi connectivity index (χ4v) is 2.51. The van der Waals surface area contributed by atoms with Crippen molar-refractivity contribution in [2.75, 3.05) is 14.2 Å². The van der Waals surface area contributed by atoms with Crippen molar-refractivity contribution in [2.24, 2.45) is 0 Å². The molecule has 1 aromatic carbocycles. The number of aryl methyl sites for hydroxylation is 1. The van der Waals surface area contributed by atoms with Crippen LogP contribution in [0.1, 0.15) is 5.56 Å². The third-order valence-corrected chi connectivity index (χ3v) is 3.48. The molecule has 0 aliphatic rings. The summed E-state index contributed by atoms with van der Waals surface area (Å²) in [7, 11) is 3.34. The van der Waals surface area contributed by atoms with Crippen LogP contribution in [-0.4, -0.2) is 14.2 Å². The summed E-state index contributed by atoms with van der Waals surface area (Å²) < 4.78 is 13.0. The molecule has 0 radical (unpaired) electrons. The summed E-state index contributed by atoms with van der Waals surface area (Å²) in [6.07, 6.45) is 4.17. The molecule has 2 heterocycles. The molecule has 0 bridgehead atoms. The van der Waals surface area contributed by atoms with E-state index in [4.69, 9.17) is 9.47 Å². The fraction of sp³-hybridized carbons (Fsp3) is 0.188. The molecule has 3 aromatic rings. The maximum atomic E-state index is 5.45. The standard InChI is InChI=1S/C16H16NO2/c1-11-14-10-17-7-5-4-6-13(17)8-12(14)9-15(18-2)16(11)19-3/h4-10H,1-3H3/q+1. The Hall–Kier alpha value is -2.29. The van der Waals surface area contributed by atoms with E-state index in [0.717, 1.165) is 28.0 Å². The number of methoxy groups -OCH3 is 2. The Morgan fingerprint density at radius 1 is 1.05 bits per heavy atom. The number of hydrogen-bond acceptors (Lipinski definition) is 2. The van der Waals surface area contributed by atoms with Gasteiger partial charge in [-0.3, -0.25) is 0 Å². The lowest BCUT2D eigenvalue weighted by molar-refractivity contribution is -0.510. The van der Waals surface area contributed by atoms with Crippen LogP contribution >= 0.6 is 0 Å². The molecular weight excluding hydrogens is 238 g/mol. The van der Waals surface area contributed by atoms with Gasteiger partial charge in [0.2, 0.25) is 5.52 Å². The van der Waals surface area contributed by atoms with E-state index in [1.54, 1.807) is 14.2 Å². The summed E-state index contributed by atoms with van der Waals surface area (Å²) in [6.45, 7) is 2.05. The van der Waals surface area contributed by atoms with Crippen LogP contribution in [0.4, 0.5) is 0 Å². The maximum Gasteiger partial charge on any atom is 0.211 e. The smallest absolute Gasteiger partial charge is 0.211 e. The molecule has 96 valence electrons. The van der Waals surface area contributed by atoms with E-state index in [9.17, 15) is 0 Å². The molecule has 2 aromatic heterocycles. The van der Waals surface area contributed by atoms with Crippen LogP contribution in [0.25, 0.3) is 16.3 Å². The Bertz CT molecular complexity index is 765. The van der Waals surface area contributed by atoms with Crippen molar-refractivity contribution in [2.45, 2.75) is 6.92 Å².